The minimum atomic E-state index is -4.68. The topological polar surface area (TPSA) is 72.3 Å². The number of benzene rings is 6. The fourth-order valence-electron chi connectivity index (χ4n) is 9.30. The van der Waals surface area contributed by atoms with Crippen LogP contribution in [0.5, 0.6) is 0 Å². The first-order valence-corrected chi connectivity index (χ1v) is 21.7. The predicted molar refractivity (Wildman–Crippen MR) is 245 cm³/mol. The molecular formula is C55H32F12N4. The second kappa shape index (κ2) is 17.8. The normalized spacial score (nSPS) is 16.0. The zero-order valence-electron chi connectivity index (χ0n) is 36.8. The van der Waals surface area contributed by atoms with Gasteiger partial charge in [-0.3, -0.25) is 0 Å². The van der Waals surface area contributed by atoms with E-state index in [9.17, 15) is 63.2 Å². The Bertz CT molecular complexity index is 3380. The van der Waals surface area contributed by atoms with Gasteiger partial charge in [0.05, 0.1) is 39.7 Å². The van der Waals surface area contributed by atoms with E-state index in [0.29, 0.717) is 84.5 Å². The summed E-state index contributed by atoms with van der Waals surface area (Å²) >= 11 is 0. The van der Waals surface area contributed by atoms with Crippen molar-refractivity contribution in [3.05, 3.63) is 189 Å². The number of hydrogen-bond donors (Lipinski definition) is 0. The smallest absolute Gasteiger partial charge is 0.245 e. The van der Waals surface area contributed by atoms with Crippen LogP contribution in [0, 0.1) is 22.8 Å². The third kappa shape index (κ3) is 9.06. The summed E-state index contributed by atoms with van der Waals surface area (Å²) in [4.78, 5) is 9.50. The van der Waals surface area contributed by atoms with Gasteiger partial charge in [-0.2, -0.15) is 68.2 Å². The first kappa shape index (κ1) is 48.1. The Morgan fingerprint density at radius 1 is 0.507 bits per heavy atom. The van der Waals surface area contributed by atoms with Crippen LogP contribution in [0.3, 0.4) is 0 Å². The number of alkyl halides is 12. The average molecular weight is 977 g/mol. The van der Waals surface area contributed by atoms with Gasteiger partial charge in [0.2, 0.25) is 6.19 Å². The van der Waals surface area contributed by atoms with Gasteiger partial charge in [-0.1, -0.05) is 60.2 Å². The lowest BCUT2D eigenvalue weighted by molar-refractivity contribution is -0.138. The molecule has 0 bridgehead atoms. The standard InChI is InChI=1S/C55H32F12N4/c1-29-5-22-39-45-25-41(31-8-16-35(17-9-31)53(59,60)61)43(33-12-20-37(21-13-33)55(65,66)67)27-47(45)50(70-28-69)51(39)71-49-46-26-42(32-10-18-36(19-11-32)54(62,63)64)40(30-6-14-34(15-7-30)52(56,57)58)24-44(46)38(48(29)49)4-2-3-23-68/h4,6-21,24-27H,2-3,5,22H2,1H3/b38-4+,48-29?,70-50?,71-49?. The van der Waals surface area contributed by atoms with Crippen LogP contribution < -0.4 is 0 Å². The molecule has 4 nitrogen and oxygen atoms in total. The maximum Gasteiger partial charge on any atom is 0.416 e. The van der Waals surface area contributed by atoms with Gasteiger partial charge in [0.1, 0.15) is 5.71 Å². The fourth-order valence-corrected chi connectivity index (χ4v) is 9.30. The van der Waals surface area contributed by atoms with Gasteiger partial charge >= 0.3 is 24.7 Å². The van der Waals surface area contributed by atoms with E-state index in [2.05, 4.69) is 11.1 Å². The zero-order valence-corrected chi connectivity index (χ0v) is 36.8. The van der Waals surface area contributed by atoms with Crippen LogP contribution in [0.2, 0.25) is 0 Å². The van der Waals surface area contributed by atoms with Gasteiger partial charge in [0.15, 0.2) is 0 Å². The van der Waals surface area contributed by atoms with Crippen molar-refractivity contribution in [2.75, 3.05) is 0 Å². The van der Waals surface area contributed by atoms with Crippen LogP contribution in [0.15, 0.2) is 154 Å². The van der Waals surface area contributed by atoms with Gasteiger partial charge in [0, 0.05) is 23.1 Å². The summed E-state index contributed by atoms with van der Waals surface area (Å²) in [5, 5.41) is 19.7. The van der Waals surface area contributed by atoms with E-state index >= 15 is 0 Å². The van der Waals surface area contributed by atoms with Crippen molar-refractivity contribution in [3.8, 4) is 56.8 Å². The molecule has 0 radical (unpaired) electrons. The molecule has 2 aliphatic carbocycles. The monoisotopic (exact) mass is 976 g/mol. The van der Waals surface area contributed by atoms with Crippen molar-refractivity contribution in [2.24, 2.45) is 9.98 Å². The van der Waals surface area contributed by atoms with Gasteiger partial charge in [-0.15, -0.1) is 0 Å². The molecule has 3 aliphatic rings. The van der Waals surface area contributed by atoms with E-state index < -0.39 is 47.0 Å². The number of nitriles is 2. The van der Waals surface area contributed by atoms with Crippen molar-refractivity contribution in [1.29, 1.82) is 10.5 Å². The number of fused-ring (bicyclic) bond motifs is 5. The van der Waals surface area contributed by atoms with E-state index in [4.69, 9.17) is 4.99 Å². The first-order chi connectivity index (χ1) is 33.6. The molecule has 1 aliphatic heterocycles. The summed E-state index contributed by atoms with van der Waals surface area (Å²) in [7, 11) is 0. The summed E-state index contributed by atoms with van der Waals surface area (Å²) in [6.07, 6.45) is -14.0. The quantitative estimate of drug-likeness (QED) is 0.0947. The number of unbranched alkanes of at least 4 members (excludes halogenated alkanes) is 1. The second-order valence-electron chi connectivity index (χ2n) is 17.0. The molecule has 9 rings (SSSR count). The molecule has 16 heteroatoms. The lowest BCUT2D eigenvalue weighted by Crippen LogP contribution is -2.08. The molecule has 0 atom stereocenters. The van der Waals surface area contributed by atoms with E-state index in [1.165, 1.54) is 48.5 Å². The number of allylic oxidation sites excluding steroid dienone is 6. The SMILES string of the molecule is CC1=C2C(=NC3=C(CC1)c1cc(-c4ccc(C(F)(F)F)cc4)c(-c4ccc(C(F)(F)F)cc4)cc1C3=NC#N)c1cc(-c3ccc(C(F)(F)F)cc3)c(-c3ccc(C(F)(F)F)cc3)cc1/C2=C\CCC#N. The average Bonchev–Trinajstić information content (AvgIpc) is 3.77. The van der Waals surface area contributed by atoms with Crippen molar-refractivity contribution in [1.82, 2.24) is 0 Å². The highest BCUT2D eigenvalue weighted by atomic mass is 19.4. The third-order valence-electron chi connectivity index (χ3n) is 12.7. The Labute approximate surface area is 397 Å². The highest BCUT2D eigenvalue weighted by Gasteiger charge is 2.38. The van der Waals surface area contributed by atoms with Crippen molar-refractivity contribution >= 4 is 22.6 Å². The third-order valence-corrected chi connectivity index (χ3v) is 12.7. The summed E-state index contributed by atoms with van der Waals surface area (Å²) < 4.78 is 165. The predicted octanol–water partition coefficient (Wildman–Crippen LogP) is 16.7. The molecular weight excluding hydrogens is 945 g/mol. The number of nitrogens with zero attached hydrogens (tertiary/aromatic N) is 4. The Morgan fingerprint density at radius 2 is 0.887 bits per heavy atom. The number of halogens is 12. The number of hydrogen-bond acceptors (Lipinski definition) is 4. The molecule has 0 unspecified atom stereocenters. The fraction of sp³-hybridized carbons (Fsp3) is 0.164. The molecule has 0 N–H and O–H groups in total. The highest BCUT2D eigenvalue weighted by Crippen LogP contribution is 2.51. The van der Waals surface area contributed by atoms with Crippen molar-refractivity contribution < 1.29 is 52.7 Å². The molecule has 6 aromatic carbocycles. The van der Waals surface area contributed by atoms with Crippen LogP contribution in [-0.2, 0) is 24.7 Å². The van der Waals surface area contributed by atoms with E-state index in [1.54, 1.807) is 24.3 Å². The molecule has 0 amide bonds. The van der Waals surface area contributed by atoms with E-state index in [0.717, 1.165) is 54.1 Å². The summed E-state index contributed by atoms with van der Waals surface area (Å²) in [5.41, 5.74) is 4.06. The molecule has 0 fully saturated rings. The number of rotatable bonds is 6. The van der Waals surface area contributed by atoms with Crippen LogP contribution in [0.4, 0.5) is 52.7 Å². The van der Waals surface area contributed by atoms with Gasteiger partial charge in [-0.25, -0.2) is 4.99 Å². The molecule has 0 spiro atoms. The van der Waals surface area contributed by atoms with Gasteiger partial charge < -0.3 is 0 Å². The van der Waals surface area contributed by atoms with Crippen LogP contribution >= 0.6 is 0 Å². The Balaban J connectivity index is 1.29. The van der Waals surface area contributed by atoms with Crippen LogP contribution in [0.25, 0.3) is 55.7 Å². The largest absolute Gasteiger partial charge is 0.416 e. The van der Waals surface area contributed by atoms with Gasteiger partial charge in [0.25, 0.3) is 0 Å². The lowest BCUT2D eigenvalue weighted by atomic mass is 9.87. The maximum absolute atomic E-state index is 13.8. The minimum absolute atomic E-state index is 0.0869. The molecule has 6 aromatic rings. The maximum atomic E-state index is 13.8. The Hall–Kier alpha value is -7.98. The summed E-state index contributed by atoms with van der Waals surface area (Å²) in [5.74, 6) is 0. The number of aliphatic imine (C=N–C) groups is 2. The first-order valence-electron chi connectivity index (χ1n) is 21.7. The Morgan fingerprint density at radius 3 is 1.27 bits per heavy atom. The molecule has 71 heavy (non-hydrogen) atoms. The lowest BCUT2D eigenvalue weighted by Gasteiger charge is -2.17. The highest BCUT2D eigenvalue weighted by molar-refractivity contribution is 6.33. The minimum Gasteiger partial charge on any atom is -0.245 e. The van der Waals surface area contributed by atoms with E-state index in [1.807, 2.05) is 19.2 Å². The summed E-state index contributed by atoms with van der Waals surface area (Å²) in [6, 6.07) is 26.0. The molecule has 0 saturated carbocycles. The van der Waals surface area contributed by atoms with Crippen molar-refractivity contribution in [2.45, 2.75) is 57.3 Å². The molecule has 0 saturated heterocycles. The Kier molecular flexibility index (Phi) is 12.0. The molecule has 0 aromatic heterocycles. The molecule has 1 heterocycles. The summed E-state index contributed by atoms with van der Waals surface area (Å²) in [6.45, 7) is 1.87. The van der Waals surface area contributed by atoms with Crippen molar-refractivity contribution in [3.63, 3.8) is 0 Å². The second-order valence-corrected chi connectivity index (χ2v) is 17.0. The zero-order chi connectivity index (χ0) is 50.8. The van der Waals surface area contributed by atoms with Crippen LogP contribution in [0.1, 0.15) is 77.1 Å². The molecule has 356 valence electrons. The van der Waals surface area contributed by atoms with E-state index in [-0.39, 0.29) is 41.8 Å². The van der Waals surface area contributed by atoms with Gasteiger partial charge in [-0.05, 0) is 166 Å². The van der Waals surface area contributed by atoms with Crippen LogP contribution in [-0.4, -0.2) is 11.4 Å².